The summed E-state index contributed by atoms with van der Waals surface area (Å²) < 4.78 is 31.1. The standard InChI is InChI=1S/C13H13NO5S/c1-8-5-11(13(15)16)12(6-9(8)2)14-20(17,18)10-3-4-19-7-10/h3-7,14H,1-2H3,(H,15,16). The summed E-state index contributed by atoms with van der Waals surface area (Å²) in [6, 6.07) is 4.21. The molecule has 2 aromatic rings. The van der Waals surface area contributed by atoms with Crippen molar-refractivity contribution in [2.24, 2.45) is 0 Å². The number of carboxylic acids is 1. The lowest BCUT2D eigenvalue weighted by atomic mass is 10.0. The van der Waals surface area contributed by atoms with Crippen molar-refractivity contribution in [3.05, 3.63) is 47.4 Å². The molecule has 0 amide bonds. The second kappa shape index (κ2) is 5.01. The highest BCUT2D eigenvalue weighted by molar-refractivity contribution is 7.92. The van der Waals surface area contributed by atoms with Crippen LogP contribution in [0.25, 0.3) is 0 Å². The monoisotopic (exact) mass is 295 g/mol. The average Bonchev–Trinajstić information content (AvgIpc) is 2.87. The second-order valence-corrected chi connectivity index (χ2v) is 6.03. The van der Waals surface area contributed by atoms with Crippen molar-refractivity contribution in [3.8, 4) is 0 Å². The average molecular weight is 295 g/mol. The molecule has 106 valence electrons. The Balaban J connectivity index is 2.49. The van der Waals surface area contributed by atoms with Gasteiger partial charge in [0.1, 0.15) is 11.2 Å². The number of anilines is 1. The number of benzene rings is 1. The molecule has 0 radical (unpaired) electrons. The van der Waals surface area contributed by atoms with Crippen molar-refractivity contribution in [1.29, 1.82) is 0 Å². The Bertz CT molecular complexity index is 747. The lowest BCUT2D eigenvalue weighted by molar-refractivity contribution is 0.0698. The molecule has 0 aliphatic rings. The Hall–Kier alpha value is -2.28. The van der Waals surface area contributed by atoms with E-state index >= 15 is 0 Å². The van der Waals surface area contributed by atoms with Crippen molar-refractivity contribution in [1.82, 2.24) is 0 Å². The minimum absolute atomic E-state index is 0.0294. The van der Waals surface area contributed by atoms with Crippen LogP contribution in [0.3, 0.4) is 0 Å². The Kier molecular flexibility index (Phi) is 3.54. The summed E-state index contributed by atoms with van der Waals surface area (Å²) in [5.41, 5.74) is 1.50. The van der Waals surface area contributed by atoms with Crippen LogP contribution in [0, 0.1) is 13.8 Å². The van der Waals surface area contributed by atoms with E-state index in [-0.39, 0.29) is 16.1 Å². The normalized spacial score (nSPS) is 11.3. The zero-order chi connectivity index (χ0) is 14.9. The third-order valence-corrected chi connectivity index (χ3v) is 4.26. The molecule has 0 spiro atoms. The first-order valence-corrected chi connectivity index (χ1v) is 7.19. The van der Waals surface area contributed by atoms with E-state index in [0.29, 0.717) is 0 Å². The summed E-state index contributed by atoms with van der Waals surface area (Å²) in [6.45, 7) is 3.53. The van der Waals surface area contributed by atoms with E-state index in [4.69, 9.17) is 9.52 Å². The quantitative estimate of drug-likeness (QED) is 0.902. The van der Waals surface area contributed by atoms with Gasteiger partial charge in [0, 0.05) is 0 Å². The highest BCUT2D eigenvalue weighted by Gasteiger charge is 2.20. The molecule has 0 saturated heterocycles. The van der Waals surface area contributed by atoms with Crippen LogP contribution in [-0.4, -0.2) is 19.5 Å². The van der Waals surface area contributed by atoms with Gasteiger partial charge in [0.2, 0.25) is 0 Å². The van der Waals surface area contributed by atoms with Crippen LogP contribution in [0.5, 0.6) is 0 Å². The van der Waals surface area contributed by atoms with Gasteiger partial charge < -0.3 is 9.52 Å². The first kappa shape index (κ1) is 14.1. The summed E-state index contributed by atoms with van der Waals surface area (Å²) in [4.78, 5) is 11.1. The van der Waals surface area contributed by atoms with Gasteiger partial charge in [-0.1, -0.05) is 0 Å². The Morgan fingerprint density at radius 1 is 1.25 bits per heavy atom. The van der Waals surface area contributed by atoms with Crippen molar-refractivity contribution < 1.29 is 22.7 Å². The first-order chi connectivity index (χ1) is 9.31. The van der Waals surface area contributed by atoms with E-state index in [0.717, 1.165) is 17.4 Å². The minimum Gasteiger partial charge on any atom is -0.478 e. The minimum atomic E-state index is -3.86. The lowest BCUT2D eigenvalue weighted by Gasteiger charge is -2.12. The van der Waals surface area contributed by atoms with Crippen LogP contribution in [0.4, 0.5) is 5.69 Å². The van der Waals surface area contributed by atoms with Gasteiger partial charge in [-0.15, -0.1) is 0 Å². The van der Waals surface area contributed by atoms with E-state index in [1.807, 2.05) is 0 Å². The fourth-order valence-corrected chi connectivity index (χ4v) is 2.68. The summed E-state index contributed by atoms with van der Waals surface area (Å²) in [7, 11) is -3.86. The third kappa shape index (κ3) is 2.67. The third-order valence-electron chi connectivity index (χ3n) is 2.91. The zero-order valence-electron chi connectivity index (χ0n) is 10.9. The Labute approximate surface area is 116 Å². The number of sulfonamides is 1. The maximum Gasteiger partial charge on any atom is 0.337 e. The van der Waals surface area contributed by atoms with Gasteiger partial charge in [-0.3, -0.25) is 4.72 Å². The van der Waals surface area contributed by atoms with Gasteiger partial charge in [0.15, 0.2) is 0 Å². The van der Waals surface area contributed by atoms with E-state index < -0.39 is 16.0 Å². The molecule has 0 unspecified atom stereocenters. The molecular weight excluding hydrogens is 282 g/mol. The van der Waals surface area contributed by atoms with Crippen LogP contribution in [0.15, 0.2) is 40.0 Å². The number of carbonyl (C=O) groups is 1. The topological polar surface area (TPSA) is 96.6 Å². The van der Waals surface area contributed by atoms with E-state index in [1.54, 1.807) is 13.8 Å². The maximum absolute atomic E-state index is 12.1. The van der Waals surface area contributed by atoms with Gasteiger partial charge in [0.25, 0.3) is 10.0 Å². The molecule has 6 nitrogen and oxygen atoms in total. The molecule has 20 heavy (non-hydrogen) atoms. The summed E-state index contributed by atoms with van der Waals surface area (Å²) >= 11 is 0. The van der Waals surface area contributed by atoms with Crippen molar-refractivity contribution in [3.63, 3.8) is 0 Å². The van der Waals surface area contributed by atoms with E-state index in [9.17, 15) is 13.2 Å². The SMILES string of the molecule is Cc1cc(NS(=O)(=O)c2ccoc2)c(C(=O)O)cc1C. The van der Waals surface area contributed by atoms with Crippen LogP contribution < -0.4 is 4.72 Å². The number of hydrogen-bond donors (Lipinski definition) is 2. The zero-order valence-corrected chi connectivity index (χ0v) is 11.7. The fraction of sp³-hybridized carbons (Fsp3) is 0.154. The van der Waals surface area contributed by atoms with Crippen LogP contribution in [-0.2, 0) is 10.0 Å². The highest BCUT2D eigenvalue weighted by Crippen LogP contribution is 2.24. The molecule has 0 bridgehead atoms. The number of rotatable bonds is 4. The Morgan fingerprint density at radius 3 is 2.45 bits per heavy atom. The molecule has 0 atom stereocenters. The molecule has 1 aromatic heterocycles. The molecule has 0 aliphatic carbocycles. The van der Waals surface area contributed by atoms with E-state index in [1.165, 1.54) is 24.5 Å². The van der Waals surface area contributed by atoms with Crippen LogP contribution in [0.2, 0.25) is 0 Å². The van der Waals surface area contributed by atoms with Crippen molar-refractivity contribution in [2.45, 2.75) is 18.7 Å². The molecule has 7 heteroatoms. The summed E-state index contributed by atoms with van der Waals surface area (Å²) in [6.07, 6.45) is 2.30. The smallest absolute Gasteiger partial charge is 0.337 e. The van der Waals surface area contributed by atoms with E-state index in [2.05, 4.69) is 4.72 Å². The Morgan fingerprint density at radius 2 is 1.90 bits per heavy atom. The molecule has 1 aromatic carbocycles. The van der Waals surface area contributed by atoms with Gasteiger partial charge >= 0.3 is 5.97 Å². The molecule has 0 aliphatic heterocycles. The van der Waals surface area contributed by atoms with Crippen molar-refractivity contribution in [2.75, 3.05) is 4.72 Å². The molecule has 2 N–H and O–H groups in total. The van der Waals surface area contributed by atoms with Gasteiger partial charge in [-0.25, -0.2) is 13.2 Å². The highest BCUT2D eigenvalue weighted by atomic mass is 32.2. The predicted octanol–water partition coefficient (Wildman–Crippen LogP) is 2.40. The van der Waals surface area contributed by atoms with Gasteiger partial charge in [-0.05, 0) is 43.2 Å². The molecule has 2 rings (SSSR count). The number of hydrogen-bond acceptors (Lipinski definition) is 4. The number of aromatic carboxylic acids is 1. The second-order valence-electron chi connectivity index (χ2n) is 4.35. The lowest BCUT2D eigenvalue weighted by Crippen LogP contribution is -2.15. The number of carboxylic acid groups (broad SMARTS) is 1. The van der Waals surface area contributed by atoms with Crippen molar-refractivity contribution >= 4 is 21.7 Å². The molecule has 1 heterocycles. The predicted molar refractivity (Wildman–Crippen MR) is 72.4 cm³/mol. The van der Waals surface area contributed by atoms with Crippen LogP contribution >= 0.6 is 0 Å². The number of furan rings is 1. The molecular formula is C13H13NO5S. The van der Waals surface area contributed by atoms with Gasteiger partial charge in [0.05, 0.1) is 17.5 Å². The number of aryl methyl sites for hydroxylation is 2. The maximum atomic E-state index is 12.1. The van der Waals surface area contributed by atoms with Crippen LogP contribution in [0.1, 0.15) is 21.5 Å². The van der Waals surface area contributed by atoms with Gasteiger partial charge in [-0.2, -0.15) is 0 Å². The summed E-state index contributed by atoms with van der Waals surface area (Å²) in [5.74, 6) is -1.20. The molecule has 0 saturated carbocycles. The number of nitrogens with one attached hydrogen (secondary N) is 1. The largest absolute Gasteiger partial charge is 0.478 e. The fourth-order valence-electron chi connectivity index (χ4n) is 1.69. The first-order valence-electron chi connectivity index (χ1n) is 5.71. The summed E-state index contributed by atoms with van der Waals surface area (Å²) in [5, 5.41) is 9.16. The molecule has 0 fully saturated rings.